The predicted octanol–water partition coefficient (Wildman–Crippen LogP) is 4.48. The van der Waals surface area contributed by atoms with Gasteiger partial charge in [0.05, 0.1) is 6.42 Å². The van der Waals surface area contributed by atoms with E-state index in [1.54, 1.807) is 6.92 Å². The maximum Gasteiger partial charge on any atom is 0.424 e. The van der Waals surface area contributed by atoms with Gasteiger partial charge in [0.1, 0.15) is 5.01 Å². The molecule has 1 aromatic carbocycles. The largest absolute Gasteiger partial charge is 0.424 e. The number of likely N-dealkylation sites (tertiary alicyclic amines) is 1. The number of piperidine rings is 1. The second-order valence-electron chi connectivity index (χ2n) is 7.77. The number of carbonyl (C=O) groups is 1. The van der Waals surface area contributed by atoms with Crippen molar-refractivity contribution in [1.29, 1.82) is 0 Å². The lowest BCUT2D eigenvalue weighted by Gasteiger charge is -2.35. The van der Waals surface area contributed by atoms with Crippen molar-refractivity contribution in [3.05, 3.63) is 52.1 Å². The lowest BCUT2D eigenvalue weighted by Crippen LogP contribution is -2.48. The molecular weight excluding hydrogens is 415 g/mol. The summed E-state index contributed by atoms with van der Waals surface area (Å²) in [5.74, 6) is -0.478. The van der Waals surface area contributed by atoms with Gasteiger partial charge in [0.2, 0.25) is 11.5 Å². The van der Waals surface area contributed by atoms with E-state index in [0.29, 0.717) is 43.0 Å². The molecule has 2 aromatic heterocycles. The maximum absolute atomic E-state index is 13.7. The number of aromatic nitrogens is 2. The quantitative estimate of drug-likeness (QED) is 0.632. The number of halogens is 3. The van der Waals surface area contributed by atoms with Gasteiger partial charge in [-0.2, -0.15) is 13.2 Å². The van der Waals surface area contributed by atoms with Gasteiger partial charge in [0.15, 0.2) is 0 Å². The zero-order chi connectivity index (χ0) is 21.5. The molecule has 1 fully saturated rings. The molecule has 1 aliphatic rings. The van der Waals surface area contributed by atoms with Crippen molar-refractivity contribution in [3.8, 4) is 0 Å². The number of hydrogen-bond acceptors (Lipinski definition) is 4. The lowest BCUT2D eigenvalue weighted by atomic mass is 9.88. The Labute approximate surface area is 175 Å². The number of nitrogens with zero attached hydrogens (tertiary/aromatic N) is 2. The van der Waals surface area contributed by atoms with Gasteiger partial charge in [-0.25, -0.2) is 4.98 Å². The van der Waals surface area contributed by atoms with Gasteiger partial charge in [-0.05, 0) is 37.3 Å². The third-order valence-electron chi connectivity index (χ3n) is 5.76. The van der Waals surface area contributed by atoms with Crippen molar-refractivity contribution in [2.75, 3.05) is 13.1 Å². The molecule has 1 saturated heterocycles. The van der Waals surface area contributed by atoms with Crippen molar-refractivity contribution < 1.29 is 23.1 Å². The number of nitrogens with one attached hydrogen (secondary N) is 1. The van der Waals surface area contributed by atoms with E-state index < -0.39 is 29.1 Å². The van der Waals surface area contributed by atoms with Gasteiger partial charge in [0, 0.05) is 41.3 Å². The summed E-state index contributed by atoms with van der Waals surface area (Å²) in [6, 6.07) is 7.96. The number of aryl methyl sites for hydroxylation is 1. The van der Waals surface area contributed by atoms with Crippen LogP contribution in [-0.2, 0) is 10.4 Å². The number of para-hydroxylation sites is 1. The van der Waals surface area contributed by atoms with E-state index in [-0.39, 0.29) is 5.92 Å². The summed E-state index contributed by atoms with van der Waals surface area (Å²) >= 11 is 0.716. The normalized spacial score (nSPS) is 18.0. The van der Waals surface area contributed by atoms with Crippen LogP contribution < -0.4 is 0 Å². The molecule has 0 bridgehead atoms. The van der Waals surface area contributed by atoms with Crippen LogP contribution in [0.15, 0.2) is 35.8 Å². The number of H-pyrrole nitrogens is 1. The fraction of sp³-hybridized carbons (Fsp3) is 0.429. The highest BCUT2D eigenvalue weighted by Gasteiger charge is 2.58. The first kappa shape index (κ1) is 20.9. The number of hydrogen-bond donors (Lipinski definition) is 2. The van der Waals surface area contributed by atoms with Gasteiger partial charge in [0.25, 0.3) is 0 Å². The number of carbonyl (C=O) groups excluding carboxylic acids is 1. The highest BCUT2D eigenvalue weighted by atomic mass is 32.1. The van der Waals surface area contributed by atoms with Crippen LogP contribution in [0.2, 0.25) is 0 Å². The number of benzene rings is 1. The number of amides is 1. The predicted molar refractivity (Wildman–Crippen MR) is 108 cm³/mol. The summed E-state index contributed by atoms with van der Waals surface area (Å²) in [5, 5.41) is 12.5. The van der Waals surface area contributed by atoms with E-state index in [0.717, 1.165) is 10.9 Å². The van der Waals surface area contributed by atoms with Crippen LogP contribution >= 0.6 is 11.3 Å². The first-order chi connectivity index (χ1) is 14.2. The molecule has 3 heterocycles. The summed E-state index contributed by atoms with van der Waals surface area (Å²) < 4.78 is 41.0. The number of rotatable bonds is 4. The highest BCUT2D eigenvalue weighted by Crippen LogP contribution is 2.43. The molecule has 160 valence electrons. The van der Waals surface area contributed by atoms with Crippen LogP contribution in [0.1, 0.15) is 41.4 Å². The van der Waals surface area contributed by atoms with Crippen molar-refractivity contribution >= 4 is 28.1 Å². The summed E-state index contributed by atoms with van der Waals surface area (Å²) in [6.07, 6.45) is -2.75. The van der Waals surface area contributed by atoms with E-state index >= 15 is 0 Å². The minimum absolute atomic E-state index is 0.230. The minimum Gasteiger partial charge on any atom is -0.374 e. The lowest BCUT2D eigenvalue weighted by molar-refractivity contribution is -0.268. The third-order valence-corrected chi connectivity index (χ3v) is 6.87. The average molecular weight is 437 g/mol. The molecule has 0 saturated carbocycles. The number of aliphatic hydroxyl groups is 1. The van der Waals surface area contributed by atoms with Crippen molar-refractivity contribution in [1.82, 2.24) is 14.9 Å². The third kappa shape index (κ3) is 3.72. The second kappa shape index (κ2) is 7.70. The SMILES string of the molecule is Cc1csc(C(O)(CC(=O)N2CCC(c3c[nH]c4ccccc34)CC2)C(F)(F)F)n1. The zero-order valence-corrected chi connectivity index (χ0v) is 17.2. The summed E-state index contributed by atoms with van der Waals surface area (Å²) in [7, 11) is 0. The number of aromatic amines is 1. The molecule has 30 heavy (non-hydrogen) atoms. The molecule has 0 aliphatic carbocycles. The van der Waals surface area contributed by atoms with Gasteiger partial charge >= 0.3 is 6.18 Å². The van der Waals surface area contributed by atoms with Crippen LogP contribution in [0.3, 0.4) is 0 Å². The molecular formula is C21H22F3N3O2S. The van der Waals surface area contributed by atoms with E-state index in [1.807, 2.05) is 30.5 Å². The van der Waals surface area contributed by atoms with Gasteiger partial charge < -0.3 is 15.0 Å². The maximum atomic E-state index is 13.7. The van der Waals surface area contributed by atoms with Crippen LogP contribution in [0.5, 0.6) is 0 Å². The Bertz CT molecular complexity index is 1050. The summed E-state index contributed by atoms with van der Waals surface area (Å²) in [4.78, 5) is 21.1. The minimum atomic E-state index is -4.99. The molecule has 0 radical (unpaired) electrons. The summed E-state index contributed by atoms with van der Waals surface area (Å²) in [5.41, 5.74) is -0.677. The van der Waals surface area contributed by atoms with Crippen LogP contribution in [0, 0.1) is 6.92 Å². The molecule has 5 nitrogen and oxygen atoms in total. The van der Waals surface area contributed by atoms with Gasteiger partial charge in [-0.1, -0.05) is 18.2 Å². The number of alkyl halides is 3. The van der Waals surface area contributed by atoms with Crippen LogP contribution in [-0.4, -0.2) is 45.1 Å². The molecule has 2 N–H and O–H groups in total. The molecule has 1 unspecified atom stereocenters. The zero-order valence-electron chi connectivity index (χ0n) is 16.4. The first-order valence-corrected chi connectivity index (χ1v) is 10.6. The Balaban J connectivity index is 1.46. The molecule has 1 atom stereocenters. The molecule has 3 aromatic rings. The van der Waals surface area contributed by atoms with Crippen LogP contribution in [0.4, 0.5) is 13.2 Å². The van der Waals surface area contributed by atoms with Crippen molar-refractivity contribution in [2.24, 2.45) is 0 Å². The van der Waals surface area contributed by atoms with E-state index in [2.05, 4.69) is 9.97 Å². The fourth-order valence-electron chi connectivity index (χ4n) is 4.04. The highest BCUT2D eigenvalue weighted by molar-refractivity contribution is 7.09. The summed E-state index contributed by atoms with van der Waals surface area (Å²) in [6.45, 7) is 2.26. The van der Waals surface area contributed by atoms with Crippen molar-refractivity contribution in [3.63, 3.8) is 0 Å². The fourth-order valence-corrected chi connectivity index (χ4v) is 4.96. The Hall–Kier alpha value is -2.39. The smallest absolute Gasteiger partial charge is 0.374 e. The Kier molecular flexibility index (Phi) is 5.36. The Morgan fingerprint density at radius 2 is 2.00 bits per heavy atom. The number of thiazole rings is 1. The Morgan fingerprint density at radius 3 is 2.63 bits per heavy atom. The topological polar surface area (TPSA) is 69.2 Å². The average Bonchev–Trinajstić information content (AvgIpc) is 3.33. The number of fused-ring (bicyclic) bond motifs is 1. The van der Waals surface area contributed by atoms with E-state index in [9.17, 15) is 23.1 Å². The van der Waals surface area contributed by atoms with Gasteiger partial charge in [-0.3, -0.25) is 4.79 Å². The van der Waals surface area contributed by atoms with E-state index in [1.165, 1.54) is 15.8 Å². The molecule has 9 heteroatoms. The molecule has 0 spiro atoms. The first-order valence-electron chi connectivity index (χ1n) is 9.74. The second-order valence-corrected chi connectivity index (χ2v) is 8.63. The molecule has 1 amide bonds. The molecule has 1 aliphatic heterocycles. The monoisotopic (exact) mass is 437 g/mol. The Morgan fingerprint density at radius 1 is 1.30 bits per heavy atom. The van der Waals surface area contributed by atoms with Crippen LogP contribution in [0.25, 0.3) is 10.9 Å². The van der Waals surface area contributed by atoms with Crippen molar-refractivity contribution in [2.45, 2.75) is 43.9 Å². The standard InChI is InChI=1S/C21H22F3N3O2S/c1-13-12-30-19(26-13)20(29,21(22,23)24)10-18(28)27-8-6-14(7-9-27)16-11-25-17-5-3-2-4-15(16)17/h2-5,11-12,14,25,29H,6-10H2,1H3. The molecule has 4 rings (SSSR count). The van der Waals surface area contributed by atoms with Gasteiger partial charge in [-0.15, -0.1) is 11.3 Å². The van der Waals surface area contributed by atoms with E-state index in [4.69, 9.17) is 0 Å².